The number of aromatic hydroxyl groups is 2. The minimum absolute atomic E-state index is 0.0950. The van der Waals surface area contributed by atoms with E-state index in [1.54, 1.807) is 12.1 Å². The molecular formula is C13H9N3O3. The predicted octanol–water partition coefficient (Wildman–Crippen LogP) is 1.37. The fourth-order valence-electron chi connectivity index (χ4n) is 1.80. The van der Waals surface area contributed by atoms with Crippen LogP contribution in [0, 0.1) is 0 Å². The molecule has 0 spiro atoms. The number of phenols is 1. The van der Waals surface area contributed by atoms with Crippen molar-refractivity contribution in [3.63, 3.8) is 0 Å². The lowest BCUT2D eigenvalue weighted by Gasteiger charge is -2.04. The molecule has 1 aromatic carbocycles. The molecular weight excluding hydrogens is 246 g/mol. The molecule has 0 saturated carbocycles. The number of carbonyl (C=O) groups is 1. The van der Waals surface area contributed by atoms with Gasteiger partial charge in [-0.25, -0.2) is 9.97 Å². The molecule has 3 rings (SSSR count). The van der Waals surface area contributed by atoms with Crippen LogP contribution in [-0.4, -0.2) is 30.4 Å². The summed E-state index contributed by atoms with van der Waals surface area (Å²) in [5.74, 6) is -0.274. The number of nitrogens with zero attached hydrogens (tertiary/aromatic N) is 3. The molecule has 0 atom stereocenters. The van der Waals surface area contributed by atoms with Crippen molar-refractivity contribution in [1.29, 1.82) is 0 Å². The quantitative estimate of drug-likeness (QED) is 0.675. The van der Waals surface area contributed by atoms with Crippen molar-refractivity contribution >= 4 is 11.6 Å². The molecule has 2 heterocycles. The maximum atomic E-state index is 12.2. The van der Waals surface area contributed by atoms with Gasteiger partial charge in [0.05, 0.1) is 17.3 Å². The lowest BCUT2D eigenvalue weighted by atomic mass is 10.1. The molecule has 0 aliphatic carbocycles. The average Bonchev–Trinajstić information content (AvgIpc) is 2.80. The monoisotopic (exact) mass is 255 g/mol. The molecule has 0 unspecified atom stereocenters. The van der Waals surface area contributed by atoms with Crippen LogP contribution in [0.15, 0.2) is 42.9 Å². The van der Waals surface area contributed by atoms with Gasteiger partial charge in [-0.1, -0.05) is 12.1 Å². The van der Waals surface area contributed by atoms with E-state index in [1.165, 1.54) is 35.1 Å². The van der Waals surface area contributed by atoms with Crippen molar-refractivity contribution < 1.29 is 15.0 Å². The average molecular weight is 255 g/mol. The molecule has 0 amide bonds. The van der Waals surface area contributed by atoms with Gasteiger partial charge < -0.3 is 10.2 Å². The Morgan fingerprint density at radius 1 is 1.11 bits per heavy atom. The number of hydrogen-bond donors (Lipinski definition) is 2. The number of benzene rings is 1. The van der Waals surface area contributed by atoms with Crippen LogP contribution >= 0.6 is 0 Å². The molecule has 94 valence electrons. The van der Waals surface area contributed by atoms with E-state index in [1.807, 2.05) is 0 Å². The zero-order valence-electron chi connectivity index (χ0n) is 9.69. The molecule has 19 heavy (non-hydrogen) atoms. The van der Waals surface area contributed by atoms with Gasteiger partial charge in [0.1, 0.15) is 5.75 Å². The number of carbonyl (C=O) groups excluding carboxylic acids is 1. The van der Waals surface area contributed by atoms with Gasteiger partial charge in [0.25, 0.3) is 0 Å². The molecule has 0 aliphatic heterocycles. The van der Waals surface area contributed by atoms with Crippen LogP contribution in [0.5, 0.6) is 11.6 Å². The first-order chi connectivity index (χ1) is 9.16. The summed E-state index contributed by atoms with van der Waals surface area (Å²) in [6, 6.07) is 6.26. The highest BCUT2D eigenvalue weighted by Gasteiger charge is 2.15. The van der Waals surface area contributed by atoms with Crippen molar-refractivity contribution in [2.75, 3.05) is 0 Å². The molecule has 3 aromatic rings. The smallest absolute Gasteiger partial charge is 0.236 e. The topological polar surface area (TPSA) is 87.7 Å². The van der Waals surface area contributed by atoms with E-state index in [4.69, 9.17) is 0 Å². The third kappa shape index (κ3) is 1.79. The summed E-state index contributed by atoms with van der Waals surface area (Å²) >= 11 is 0. The number of fused-ring (bicyclic) bond motifs is 1. The fourth-order valence-corrected chi connectivity index (χ4v) is 1.80. The van der Waals surface area contributed by atoms with Crippen molar-refractivity contribution in [2.24, 2.45) is 0 Å². The van der Waals surface area contributed by atoms with E-state index in [-0.39, 0.29) is 28.5 Å². The van der Waals surface area contributed by atoms with E-state index in [0.29, 0.717) is 5.78 Å². The van der Waals surface area contributed by atoms with Crippen LogP contribution < -0.4 is 0 Å². The van der Waals surface area contributed by atoms with Gasteiger partial charge >= 0.3 is 0 Å². The maximum Gasteiger partial charge on any atom is 0.236 e. The van der Waals surface area contributed by atoms with E-state index in [2.05, 4.69) is 9.97 Å². The molecule has 6 heteroatoms. The minimum atomic E-state index is -0.374. The Morgan fingerprint density at radius 3 is 2.63 bits per heavy atom. The summed E-state index contributed by atoms with van der Waals surface area (Å²) < 4.78 is 1.30. The first-order valence-corrected chi connectivity index (χ1v) is 5.51. The second-order valence-electron chi connectivity index (χ2n) is 3.98. The number of ketones is 1. The second kappa shape index (κ2) is 4.09. The predicted molar refractivity (Wildman–Crippen MR) is 66.2 cm³/mol. The SMILES string of the molecule is O=C(c1cnc2ncc(O)n2c1)c1ccccc1O. The third-order valence-electron chi connectivity index (χ3n) is 2.76. The Labute approximate surface area is 107 Å². The van der Waals surface area contributed by atoms with Crippen LogP contribution in [0.2, 0.25) is 0 Å². The second-order valence-corrected chi connectivity index (χ2v) is 3.98. The fraction of sp³-hybridized carbons (Fsp3) is 0. The Morgan fingerprint density at radius 2 is 1.84 bits per heavy atom. The summed E-state index contributed by atoms with van der Waals surface area (Å²) in [6.07, 6.45) is 4.03. The number of phenolic OH excluding ortho intramolecular Hbond substituents is 1. The summed E-state index contributed by atoms with van der Waals surface area (Å²) in [5, 5.41) is 19.2. The van der Waals surface area contributed by atoms with Crippen LogP contribution in [0.25, 0.3) is 5.78 Å². The van der Waals surface area contributed by atoms with Crippen LogP contribution in [-0.2, 0) is 0 Å². The maximum absolute atomic E-state index is 12.2. The Hall–Kier alpha value is -2.89. The van der Waals surface area contributed by atoms with Gasteiger partial charge in [0.15, 0.2) is 5.78 Å². The van der Waals surface area contributed by atoms with Gasteiger partial charge in [0, 0.05) is 12.4 Å². The third-order valence-corrected chi connectivity index (χ3v) is 2.76. The first kappa shape index (κ1) is 11.2. The molecule has 0 bridgehead atoms. The van der Waals surface area contributed by atoms with E-state index in [0.717, 1.165) is 0 Å². The summed E-state index contributed by atoms with van der Waals surface area (Å²) in [5.41, 5.74) is 0.436. The van der Waals surface area contributed by atoms with Gasteiger partial charge in [-0.2, -0.15) is 0 Å². The standard InChI is InChI=1S/C13H9N3O3/c17-10-4-2-1-3-9(10)12(19)8-5-14-13-15-6-11(18)16(13)7-8/h1-7,17-18H. The normalized spacial score (nSPS) is 10.7. The highest BCUT2D eigenvalue weighted by atomic mass is 16.3. The van der Waals surface area contributed by atoms with Crippen LogP contribution in [0.1, 0.15) is 15.9 Å². The minimum Gasteiger partial charge on any atom is -0.507 e. The van der Waals surface area contributed by atoms with Gasteiger partial charge in [-0.3, -0.25) is 9.20 Å². The molecule has 0 fully saturated rings. The highest BCUT2D eigenvalue weighted by Crippen LogP contribution is 2.20. The van der Waals surface area contributed by atoms with Crippen LogP contribution in [0.4, 0.5) is 0 Å². The highest BCUT2D eigenvalue weighted by molar-refractivity contribution is 6.10. The van der Waals surface area contributed by atoms with Gasteiger partial charge in [-0.05, 0) is 12.1 Å². The van der Waals surface area contributed by atoms with Crippen molar-refractivity contribution in [2.45, 2.75) is 0 Å². The van der Waals surface area contributed by atoms with E-state index < -0.39 is 0 Å². The molecule has 2 N–H and O–H groups in total. The lowest BCUT2D eigenvalue weighted by Crippen LogP contribution is -2.04. The van der Waals surface area contributed by atoms with Crippen LogP contribution in [0.3, 0.4) is 0 Å². The Bertz CT molecular complexity index is 780. The zero-order chi connectivity index (χ0) is 13.4. The number of hydrogen-bond acceptors (Lipinski definition) is 5. The lowest BCUT2D eigenvalue weighted by molar-refractivity contribution is 0.103. The molecule has 0 aliphatic rings. The van der Waals surface area contributed by atoms with E-state index >= 15 is 0 Å². The van der Waals surface area contributed by atoms with Crippen molar-refractivity contribution in [3.8, 4) is 11.6 Å². The first-order valence-electron chi connectivity index (χ1n) is 5.51. The summed E-state index contributed by atoms with van der Waals surface area (Å²) in [7, 11) is 0. The number of aromatic nitrogens is 3. The molecule has 0 saturated heterocycles. The van der Waals surface area contributed by atoms with Crippen molar-refractivity contribution in [3.05, 3.63) is 54.0 Å². The molecule has 6 nitrogen and oxygen atoms in total. The number of rotatable bonds is 2. The number of para-hydroxylation sites is 1. The molecule has 2 aromatic heterocycles. The van der Waals surface area contributed by atoms with Gasteiger partial charge in [-0.15, -0.1) is 0 Å². The summed E-state index contributed by atoms with van der Waals surface area (Å²) in [4.78, 5) is 20.0. The summed E-state index contributed by atoms with van der Waals surface area (Å²) in [6.45, 7) is 0. The largest absolute Gasteiger partial charge is 0.507 e. The number of imidazole rings is 1. The Kier molecular flexibility index (Phi) is 2.42. The zero-order valence-corrected chi connectivity index (χ0v) is 9.69. The van der Waals surface area contributed by atoms with E-state index in [9.17, 15) is 15.0 Å². The van der Waals surface area contributed by atoms with Gasteiger partial charge in [0.2, 0.25) is 11.7 Å². The Balaban J connectivity index is 2.11. The van der Waals surface area contributed by atoms with Crippen molar-refractivity contribution in [1.82, 2.24) is 14.4 Å². The molecule has 0 radical (unpaired) electrons.